The molecule has 14 heteroatoms. The van der Waals surface area contributed by atoms with E-state index >= 15 is 0 Å². The molecular weight excluding hydrogens is 442 g/mol. The minimum Gasteiger partial charge on any atom is -0.477 e. The van der Waals surface area contributed by atoms with Crippen molar-refractivity contribution in [1.82, 2.24) is 25.4 Å². The number of rotatable bonds is 8. The Morgan fingerprint density at radius 2 is 2.17 bits per heavy atom. The number of aromatic nitrogens is 3. The fraction of sp³-hybridized carbons (Fsp3) is 0.533. The van der Waals surface area contributed by atoms with E-state index in [4.69, 9.17) is 0 Å². The van der Waals surface area contributed by atoms with Crippen molar-refractivity contribution < 1.29 is 27.9 Å². The van der Waals surface area contributed by atoms with Crippen LogP contribution in [0.4, 0.5) is 0 Å². The number of carbonyl (C=O) groups is 3. The van der Waals surface area contributed by atoms with Gasteiger partial charge in [0.2, 0.25) is 11.1 Å². The van der Waals surface area contributed by atoms with Crippen LogP contribution in [0, 0.1) is 6.92 Å². The van der Waals surface area contributed by atoms with Gasteiger partial charge < -0.3 is 10.4 Å². The molecule has 3 rings (SSSR count). The molecule has 158 valence electrons. The second-order valence-corrected chi connectivity index (χ2v) is 10.8. The molecule has 3 heterocycles. The fourth-order valence-corrected chi connectivity index (χ4v) is 5.87. The quantitative estimate of drug-likeness (QED) is 0.336. The third kappa shape index (κ3) is 4.59. The number of aryl methyl sites for hydroxylation is 1. The molecule has 1 saturated heterocycles. The Bertz CT molecular complexity index is 988. The average molecular weight is 462 g/mol. The number of hydrogen-bond acceptors (Lipinski definition) is 9. The first kappa shape index (κ1) is 21.6. The summed E-state index contributed by atoms with van der Waals surface area (Å²) >= 11 is 2.57. The maximum Gasteiger partial charge on any atom is 0.352 e. The average Bonchev–Trinajstić information content (AvgIpc) is 3.08. The summed E-state index contributed by atoms with van der Waals surface area (Å²) in [5.41, 5.74) is 0.447. The molecule has 11 nitrogen and oxygen atoms in total. The maximum absolute atomic E-state index is 12.5. The van der Waals surface area contributed by atoms with Gasteiger partial charge >= 0.3 is 5.97 Å². The lowest BCUT2D eigenvalue weighted by molar-refractivity contribution is -0.150. The monoisotopic (exact) mass is 461 g/mol. The molecule has 2 atom stereocenters. The van der Waals surface area contributed by atoms with E-state index in [-0.39, 0.29) is 11.4 Å². The molecule has 3 N–H and O–H groups in total. The number of aliphatic carboxylic acids is 1. The van der Waals surface area contributed by atoms with Crippen LogP contribution in [0.15, 0.2) is 16.4 Å². The summed E-state index contributed by atoms with van der Waals surface area (Å²) in [6.07, 6.45) is 0. The largest absolute Gasteiger partial charge is 0.477 e. The van der Waals surface area contributed by atoms with Crippen molar-refractivity contribution in [3.63, 3.8) is 0 Å². The van der Waals surface area contributed by atoms with E-state index in [9.17, 15) is 27.9 Å². The Balaban J connectivity index is 1.70. The van der Waals surface area contributed by atoms with Crippen LogP contribution in [0.3, 0.4) is 0 Å². The number of β-lactam (4-membered cyclic amide) rings is 1. The number of aromatic amines is 1. The lowest BCUT2D eigenvalue weighted by atomic mass is 10.0. The van der Waals surface area contributed by atoms with Gasteiger partial charge in [-0.1, -0.05) is 18.7 Å². The summed E-state index contributed by atoms with van der Waals surface area (Å²) in [6.45, 7) is 3.18. The van der Waals surface area contributed by atoms with E-state index < -0.39 is 44.8 Å². The number of amides is 2. The Labute approximate surface area is 175 Å². The number of carbonyl (C=O) groups excluding carboxylic acids is 2. The number of nitrogens with zero attached hydrogens (tertiary/aromatic N) is 3. The molecule has 1 aromatic rings. The van der Waals surface area contributed by atoms with Gasteiger partial charge in [-0.15, -0.1) is 16.9 Å². The second-order valence-electron chi connectivity index (χ2n) is 6.38. The first-order valence-electron chi connectivity index (χ1n) is 8.54. The van der Waals surface area contributed by atoms with Crippen molar-refractivity contribution in [2.45, 2.75) is 30.4 Å². The molecule has 0 bridgehead atoms. The van der Waals surface area contributed by atoms with E-state index in [0.29, 0.717) is 28.1 Å². The molecule has 2 amide bonds. The number of hydrogen-bond donors (Lipinski definition) is 3. The molecule has 1 fully saturated rings. The first-order chi connectivity index (χ1) is 13.6. The molecule has 1 aromatic heterocycles. The Hall–Kier alpha value is -2.06. The van der Waals surface area contributed by atoms with E-state index in [2.05, 4.69) is 20.5 Å². The standard InChI is InChI=1S/C15H19N5O6S3/c1-3-29(25,26)6-9(21)17-10-12(22)20-11(14(23)24)8(4-27-13(10)20)5-28-15-16-7(2)18-19-15/h10,13H,3-6H2,1-2H3,(H,17,21)(H,23,24)(H,16,18,19)/t10?,13-/m1/s1. The predicted octanol–water partition coefficient (Wildman–Crippen LogP) is -0.621. The van der Waals surface area contributed by atoms with Gasteiger partial charge in [0.1, 0.15) is 28.7 Å². The van der Waals surface area contributed by atoms with E-state index in [0.717, 1.165) is 4.90 Å². The number of nitrogens with one attached hydrogen (secondary N) is 2. The van der Waals surface area contributed by atoms with Crippen molar-refractivity contribution in [3.8, 4) is 0 Å². The fourth-order valence-electron chi connectivity index (χ4n) is 2.85. The summed E-state index contributed by atoms with van der Waals surface area (Å²) in [4.78, 5) is 41.6. The Kier molecular flexibility index (Phi) is 6.24. The molecule has 1 unspecified atom stereocenters. The van der Waals surface area contributed by atoms with Crippen LogP contribution in [0.25, 0.3) is 0 Å². The normalized spacial score (nSPS) is 21.6. The van der Waals surface area contributed by atoms with Gasteiger partial charge in [-0.2, -0.15) is 0 Å². The van der Waals surface area contributed by atoms with Crippen LogP contribution in [-0.4, -0.2) is 85.8 Å². The van der Waals surface area contributed by atoms with Crippen molar-refractivity contribution in [2.75, 3.05) is 23.0 Å². The van der Waals surface area contributed by atoms with Crippen molar-refractivity contribution in [2.24, 2.45) is 0 Å². The third-order valence-corrected chi connectivity index (χ3v) is 8.16. The summed E-state index contributed by atoms with van der Waals surface area (Å²) < 4.78 is 23.2. The lowest BCUT2D eigenvalue weighted by Gasteiger charge is -2.49. The third-order valence-electron chi connectivity index (χ3n) is 4.31. The van der Waals surface area contributed by atoms with Gasteiger partial charge in [0, 0.05) is 17.3 Å². The van der Waals surface area contributed by atoms with Crippen molar-refractivity contribution >= 4 is 51.1 Å². The second kappa shape index (κ2) is 8.36. The number of carboxylic acids is 1. The predicted molar refractivity (Wildman–Crippen MR) is 106 cm³/mol. The van der Waals surface area contributed by atoms with Crippen LogP contribution >= 0.6 is 23.5 Å². The molecule has 29 heavy (non-hydrogen) atoms. The van der Waals surface area contributed by atoms with Gasteiger partial charge in [-0.3, -0.25) is 19.6 Å². The topological polar surface area (TPSA) is 162 Å². The first-order valence-corrected chi connectivity index (χ1v) is 12.4. The molecule has 0 saturated carbocycles. The molecule has 0 aliphatic carbocycles. The number of sulfone groups is 1. The zero-order valence-corrected chi connectivity index (χ0v) is 18.0. The van der Waals surface area contributed by atoms with Crippen LogP contribution < -0.4 is 5.32 Å². The highest BCUT2D eigenvalue weighted by Crippen LogP contribution is 2.41. The summed E-state index contributed by atoms with van der Waals surface area (Å²) in [6, 6.07) is -0.946. The Morgan fingerprint density at radius 1 is 1.45 bits per heavy atom. The van der Waals surface area contributed by atoms with Gasteiger partial charge in [-0.05, 0) is 12.5 Å². The molecule has 2 aliphatic rings. The van der Waals surface area contributed by atoms with E-state index in [1.54, 1.807) is 6.92 Å². The number of thioether (sulfide) groups is 2. The molecular formula is C15H19N5O6S3. The highest BCUT2D eigenvalue weighted by atomic mass is 32.2. The summed E-state index contributed by atoms with van der Waals surface area (Å²) in [5.74, 6) is -2.17. The Morgan fingerprint density at radius 3 is 2.76 bits per heavy atom. The highest BCUT2D eigenvalue weighted by molar-refractivity contribution is 8.01. The van der Waals surface area contributed by atoms with E-state index in [1.165, 1.54) is 30.4 Å². The zero-order chi connectivity index (χ0) is 21.3. The van der Waals surface area contributed by atoms with Crippen LogP contribution in [0.2, 0.25) is 0 Å². The van der Waals surface area contributed by atoms with Crippen LogP contribution in [0.1, 0.15) is 12.7 Å². The smallest absolute Gasteiger partial charge is 0.352 e. The van der Waals surface area contributed by atoms with Gasteiger partial charge in [0.25, 0.3) is 5.91 Å². The zero-order valence-electron chi connectivity index (χ0n) is 15.5. The van der Waals surface area contributed by atoms with Gasteiger partial charge in [0.05, 0.1) is 0 Å². The molecule has 0 aromatic carbocycles. The summed E-state index contributed by atoms with van der Waals surface area (Å²) in [7, 11) is -3.52. The molecule has 0 radical (unpaired) electrons. The number of carboxylic acid groups (broad SMARTS) is 1. The molecule has 0 spiro atoms. The van der Waals surface area contributed by atoms with E-state index in [1.807, 2.05) is 0 Å². The van der Waals surface area contributed by atoms with Crippen LogP contribution in [-0.2, 0) is 24.2 Å². The minimum absolute atomic E-state index is 0.106. The van der Waals surface area contributed by atoms with Crippen molar-refractivity contribution in [3.05, 3.63) is 17.1 Å². The van der Waals surface area contributed by atoms with Gasteiger partial charge in [0.15, 0.2) is 9.84 Å². The van der Waals surface area contributed by atoms with Crippen molar-refractivity contribution in [1.29, 1.82) is 0 Å². The minimum atomic E-state index is -3.52. The number of H-pyrrole nitrogens is 1. The van der Waals surface area contributed by atoms with Crippen LogP contribution in [0.5, 0.6) is 0 Å². The lowest BCUT2D eigenvalue weighted by Crippen LogP contribution is -2.71. The molecule has 2 aliphatic heterocycles. The highest BCUT2D eigenvalue weighted by Gasteiger charge is 2.54. The maximum atomic E-state index is 12.5. The van der Waals surface area contributed by atoms with Gasteiger partial charge in [-0.25, -0.2) is 18.2 Å². The SMILES string of the molecule is CCS(=O)(=O)CC(=O)NC1C(=O)N2C(C(=O)O)=C(CSc3n[nH]c(C)n3)CS[C@H]12. The summed E-state index contributed by atoms with van der Waals surface area (Å²) in [5, 5.41) is 18.6. The number of fused-ring (bicyclic) bond motifs is 1.